The van der Waals surface area contributed by atoms with Crippen LogP contribution in [0.1, 0.15) is 34.2 Å². The van der Waals surface area contributed by atoms with E-state index in [1.165, 1.54) is 60.8 Å². The molecule has 0 radical (unpaired) electrons. The van der Waals surface area contributed by atoms with E-state index in [0.29, 0.717) is 0 Å². The van der Waals surface area contributed by atoms with Gasteiger partial charge in [-0.05, 0) is 6.42 Å². The molecule has 2 aliphatic carbocycles. The zero-order chi connectivity index (χ0) is 25.3. The SMILES string of the molecule is Cl.Cl.[C-]1=C(c2ccoc2)C=CC1.[Zr+2]=[C](c1ccccc1)c1ccccc1.[c-]1cccc2c1Cc1ccccc1-2. The summed E-state index contributed by atoms with van der Waals surface area (Å²) in [6, 6.07) is 41.2. The molecule has 192 valence electrons. The van der Waals surface area contributed by atoms with Crippen LogP contribution in [-0.4, -0.2) is 3.21 Å². The van der Waals surface area contributed by atoms with Gasteiger partial charge in [-0.25, -0.2) is 0 Å². The molecule has 1 heterocycles. The van der Waals surface area contributed by atoms with Gasteiger partial charge in [-0.1, -0.05) is 53.4 Å². The second-order valence-electron chi connectivity index (χ2n) is 8.71. The van der Waals surface area contributed by atoms with E-state index in [-0.39, 0.29) is 24.8 Å². The Bertz CT molecular complexity index is 1440. The van der Waals surface area contributed by atoms with Gasteiger partial charge in [-0.15, -0.1) is 36.5 Å². The van der Waals surface area contributed by atoms with Gasteiger partial charge in [0, 0.05) is 6.26 Å². The molecule has 0 N–H and O–H groups in total. The molecule has 1 aromatic heterocycles. The zero-order valence-corrected chi connectivity index (χ0v) is 25.4. The maximum atomic E-state index is 4.93. The van der Waals surface area contributed by atoms with E-state index in [9.17, 15) is 0 Å². The van der Waals surface area contributed by atoms with Crippen molar-refractivity contribution in [2.75, 3.05) is 0 Å². The van der Waals surface area contributed by atoms with E-state index in [1.54, 1.807) is 12.5 Å². The molecule has 0 saturated carbocycles. The van der Waals surface area contributed by atoms with Crippen LogP contribution in [-0.2, 0) is 30.7 Å². The van der Waals surface area contributed by atoms with Crippen LogP contribution >= 0.6 is 24.8 Å². The van der Waals surface area contributed by atoms with E-state index in [4.69, 9.17) is 4.42 Å². The number of furan rings is 1. The van der Waals surface area contributed by atoms with Crippen molar-refractivity contribution in [2.45, 2.75) is 12.8 Å². The first-order valence-electron chi connectivity index (χ1n) is 12.4. The van der Waals surface area contributed by atoms with E-state index in [2.05, 4.69) is 121 Å². The minimum atomic E-state index is 0. The van der Waals surface area contributed by atoms with Crippen LogP contribution in [0.4, 0.5) is 0 Å². The fraction of sp³-hybridized carbons (Fsp3) is 0.0571. The first-order chi connectivity index (χ1) is 18.3. The molecule has 2 aliphatic rings. The average Bonchev–Trinajstić information content (AvgIpc) is 3.75. The fourth-order valence-electron chi connectivity index (χ4n) is 4.39. The van der Waals surface area contributed by atoms with Crippen LogP contribution in [0, 0.1) is 12.1 Å². The largest absolute Gasteiger partial charge is 0.179 e. The monoisotopic (exact) mass is 624 g/mol. The number of allylic oxidation sites excluding steroid dienone is 4. The van der Waals surface area contributed by atoms with Crippen molar-refractivity contribution in [1.82, 2.24) is 0 Å². The smallest absolute Gasteiger partial charge is 0.0253 e. The normalized spacial score (nSPS) is 11.7. The van der Waals surface area contributed by atoms with Gasteiger partial charge in [0.05, 0.1) is 6.26 Å². The van der Waals surface area contributed by atoms with Crippen LogP contribution in [0.2, 0.25) is 0 Å². The quantitative estimate of drug-likeness (QED) is 0.179. The van der Waals surface area contributed by atoms with Crippen molar-refractivity contribution < 1.29 is 28.7 Å². The third-order valence-electron chi connectivity index (χ3n) is 6.27. The van der Waals surface area contributed by atoms with Gasteiger partial charge in [-0.3, -0.25) is 0 Å². The molecule has 4 heteroatoms. The minimum absolute atomic E-state index is 0. The van der Waals surface area contributed by atoms with E-state index >= 15 is 0 Å². The number of rotatable bonds is 3. The third-order valence-corrected chi connectivity index (χ3v) is 7.69. The molecule has 7 rings (SSSR count). The molecule has 5 aromatic rings. The molecule has 0 saturated heterocycles. The fourth-order valence-corrected chi connectivity index (χ4v) is 5.21. The maximum absolute atomic E-state index is 4.93. The molecule has 1 nitrogen and oxygen atoms in total. The van der Waals surface area contributed by atoms with Crippen LogP contribution in [0.3, 0.4) is 0 Å². The summed E-state index contributed by atoms with van der Waals surface area (Å²) in [5.41, 5.74) is 10.4. The second-order valence-corrected chi connectivity index (χ2v) is 9.94. The first-order valence-corrected chi connectivity index (χ1v) is 13.6. The Morgan fingerprint density at radius 2 is 1.36 bits per heavy atom. The van der Waals surface area contributed by atoms with Gasteiger partial charge in [0.1, 0.15) is 0 Å². The zero-order valence-electron chi connectivity index (χ0n) is 21.3. The van der Waals surface area contributed by atoms with Crippen LogP contribution in [0.5, 0.6) is 0 Å². The van der Waals surface area contributed by atoms with Crippen molar-refractivity contribution in [1.29, 1.82) is 0 Å². The van der Waals surface area contributed by atoms with Crippen LogP contribution < -0.4 is 0 Å². The van der Waals surface area contributed by atoms with Crippen molar-refractivity contribution >= 4 is 33.6 Å². The van der Waals surface area contributed by atoms with E-state index in [1.807, 2.05) is 12.1 Å². The number of halogens is 2. The summed E-state index contributed by atoms with van der Waals surface area (Å²) in [6.45, 7) is 0. The van der Waals surface area contributed by atoms with Gasteiger partial charge >= 0.3 is 99.2 Å². The molecule has 0 amide bonds. The first kappa shape index (κ1) is 30.5. The molecule has 0 bridgehead atoms. The summed E-state index contributed by atoms with van der Waals surface area (Å²) >= 11 is 1.46. The maximum Gasteiger partial charge on any atom is -0.0253 e. The molecule has 0 spiro atoms. The van der Waals surface area contributed by atoms with Crippen LogP contribution in [0.15, 0.2) is 138 Å². The van der Waals surface area contributed by atoms with Crippen molar-refractivity contribution in [3.8, 4) is 11.1 Å². The van der Waals surface area contributed by atoms with Gasteiger partial charge < -0.3 is 4.42 Å². The summed E-state index contributed by atoms with van der Waals surface area (Å²) in [6.07, 6.45) is 12.7. The van der Waals surface area contributed by atoms with E-state index < -0.39 is 0 Å². The molecular weight excluding hydrogens is 599 g/mol. The predicted octanol–water partition coefficient (Wildman–Crippen LogP) is 9.13. The summed E-state index contributed by atoms with van der Waals surface area (Å²) < 4.78 is 6.35. The minimum Gasteiger partial charge on any atom is -0.179 e. The van der Waals surface area contributed by atoms with Gasteiger partial charge in [-0.2, -0.15) is 47.6 Å². The Labute approximate surface area is 258 Å². The van der Waals surface area contributed by atoms with Gasteiger partial charge in [0.2, 0.25) is 0 Å². The Hall–Kier alpha value is -3.03. The molecular formula is C35H28Cl2OZr. The Kier molecular flexibility index (Phi) is 12.2. The second kappa shape index (κ2) is 15.5. The Morgan fingerprint density at radius 1 is 0.718 bits per heavy atom. The molecule has 0 aliphatic heterocycles. The molecule has 0 unspecified atom stereocenters. The number of hydrogen-bond donors (Lipinski definition) is 0. The van der Waals surface area contributed by atoms with Gasteiger partial charge in [0.15, 0.2) is 0 Å². The number of fused-ring (bicyclic) bond motifs is 3. The van der Waals surface area contributed by atoms with Gasteiger partial charge in [0.25, 0.3) is 0 Å². The molecule has 0 atom stereocenters. The van der Waals surface area contributed by atoms with Crippen LogP contribution in [0.25, 0.3) is 16.7 Å². The summed E-state index contributed by atoms with van der Waals surface area (Å²) in [5, 5.41) is 0. The average molecular weight is 627 g/mol. The third kappa shape index (κ3) is 7.99. The topological polar surface area (TPSA) is 13.1 Å². The predicted molar refractivity (Wildman–Crippen MR) is 163 cm³/mol. The number of benzene rings is 4. The molecule has 4 aromatic carbocycles. The number of hydrogen-bond acceptors (Lipinski definition) is 1. The Morgan fingerprint density at radius 3 is 1.97 bits per heavy atom. The standard InChI is InChI=1S/C13H9.C13H10.C9H7O.2ClH.Zr/c1-3-7-12-10(5-1)9-11-6-2-4-8-13(11)12;1-3-7-12(8-4-1)11-13-9-5-2-6-10-13;1-2-4-8(3-1)9-5-6-10-7-9;;;/h1-5,7-8H,9H2;1-10H;1,3,5-7H,2H2;2*1H;/q-1;;-1;;;+2. The Balaban J connectivity index is 0.000000160. The molecule has 0 fully saturated rings. The van der Waals surface area contributed by atoms with E-state index in [0.717, 1.165) is 24.0 Å². The summed E-state index contributed by atoms with van der Waals surface area (Å²) in [4.78, 5) is 0. The molecule has 39 heavy (non-hydrogen) atoms. The summed E-state index contributed by atoms with van der Waals surface area (Å²) in [7, 11) is 0. The van der Waals surface area contributed by atoms with Crippen molar-refractivity contribution in [3.05, 3.63) is 174 Å². The van der Waals surface area contributed by atoms with Crippen molar-refractivity contribution in [3.63, 3.8) is 0 Å². The van der Waals surface area contributed by atoms with Crippen molar-refractivity contribution in [2.24, 2.45) is 0 Å². The summed E-state index contributed by atoms with van der Waals surface area (Å²) in [5.74, 6) is 0.